The van der Waals surface area contributed by atoms with E-state index >= 15 is 0 Å². The van der Waals surface area contributed by atoms with E-state index in [1.165, 1.54) is 5.56 Å². The van der Waals surface area contributed by atoms with Crippen LogP contribution in [-0.4, -0.2) is 42.6 Å². The third kappa shape index (κ3) is 7.03. The number of hydrogen-bond acceptors (Lipinski definition) is 5. The van der Waals surface area contributed by atoms with Gasteiger partial charge in [-0.1, -0.05) is 12.1 Å². The van der Waals surface area contributed by atoms with Crippen LogP contribution < -0.4 is 14.8 Å². The molecular formula is C20H27NO4. The van der Waals surface area contributed by atoms with Gasteiger partial charge in [0.2, 0.25) is 0 Å². The number of phenols is 1. The highest BCUT2D eigenvalue weighted by Crippen LogP contribution is 2.16. The van der Waals surface area contributed by atoms with Crippen molar-refractivity contribution in [2.75, 3.05) is 20.3 Å². The molecule has 0 unspecified atom stereocenters. The molecule has 25 heavy (non-hydrogen) atoms. The normalized spacial score (nSPS) is 13.2. The first-order chi connectivity index (χ1) is 12.1. The van der Waals surface area contributed by atoms with E-state index in [1.807, 2.05) is 12.1 Å². The van der Waals surface area contributed by atoms with Gasteiger partial charge in [-0.3, -0.25) is 0 Å². The molecule has 0 fully saturated rings. The second-order valence-corrected chi connectivity index (χ2v) is 6.15. The maximum Gasteiger partial charge on any atom is 0.119 e. The Bertz CT molecular complexity index is 613. The van der Waals surface area contributed by atoms with E-state index in [0.29, 0.717) is 18.3 Å². The van der Waals surface area contributed by atoms with Gasteiger partial charge in [-0.05, 0) is 61.7 Å². The number of benzene rings is 2. The topological polar surface area (TPSA) is 71.0 Å². The van der Waals surface area contributed by atoms with Gasteiger partial charge in [-0.2, -0.15) is 0 Å². The van der Waals surface area contributed by atoms with Crippen LogP contribution in [0.5, 0.6) is 17.2 Å². The highest BCUT2D eigenvalue weighted by molar-refractivity contribution is 5.30. The molecule has 0 radical (unpaired) electrons. The van der Waals surface area contributed by atoms with E-state index in [1.54, 1.807) is 31.4 Å². The molecule has 0 bridgehead atoms. The second-order valence-electron chi connectivity index (χ2n) is 6.15. The number of aliphatic hydroxyl groups excluding tert-OH is 1. The van der Waals surface area contributed by atoms with Gasteiger partial charge in [-0.15, -0.1) is 0 Å². The summed E-state index contributed by atoms with van der Waals surface area (Å²) in [5.74, 6) is 1.69. The van der Waals surface area contributed by atoms with Gasteiger partial charge in [-0.25, -0.2) is 0 Å². The fourth-order valence-corrected chi connectivity index (χ4v) is 2.41. The Hall–Kier alpha value is -2.24. The van der Waals surface area contributed by atoms with Crippen molar-refractivity contribution in [2.45, 2.75) is 31.9 Å². The molecule has 2 atom stereocenters. The molecule has 0 saturated heterocycles. The van der Waals surface area contributed by atoms with Gasteiger partial charge in [0, 0.05) is 12.6 Å². The van der Waals surface area contributed by atoms with Crippen molar-refractivity contribution in [1.29, 1.82) is 0 Å². The highest BCUT2D eigenvalue weighted by atomic mass is 16.5. The molecule has 2 aromatic rings. The van der Waals surface area contributed by atoms with Crippen molar-refractivity contribution in [1.82, 2.24) is 5.32 Å². The maximum absolute atomic E-state index is 10.0. The first-order valence-corrected chi connectivity index (χ1v) is 8.53. The molecule has 5 heteroatoms. The number of phenolic OH excluding ortho intramolecular Hbond substituents is 1. The minimum atomic E-state index is -0.586. The maximum atomic E-state index is 10.0. The molecule has 0 aromatic heterocycles. The summed E-state index contributed by atoms with van der Waals surface area (Å²) in [7, 11) is 1.66. The summed E-state index contributed by atoms with van der Waals surface area (Å²) in [5, 5.41) is 22.5. The molecule has 3 N–H and O–H groups in total. The largest absolute Gasteiger partial charge is 0.508 e. The van der Waals surface area contributed by atoms with E-state index in [-0.39, 0.29) is 12.4 Å². The van der Waals surface area contributed by atoms with E-state index < -0.39 is 6.10 Å². The van der Waals surface area contributed by atoms with Crippen LogP contribution in [0.1, 0.15) is 18.9 Å². The number of methoxy groups -OCH3 is 1. The van der Waals surface area contributed by atoms with Crippen LogP contribution >= 0.6 is 0 Å². The molecule has 0 aliphatic rings. The van der Waals surface area contributed by atoms with Gasteiger partial charge in [0.05, 0.1) is 7.11 Å². The lowest BCUT2D eigenvalue weighted by atomic mass is 10.1. The molecule has 0 aliphatic carbocycles. The summed E-state index contributed by atoms with van der Waals surface area (Å²) in [6.45, 7) is 2.79. The zero-order valence-corrected chi connectivity index (χ0v) is 14.8. The smallest absolute Gasteiger partial charge is 0.119 e. The van der Waals surface area contributed by atoms with E-state index in [2.05, 4.69) is 24.4 Å². The van der Waals surface area contributed by atoms with Gasteiger partial charge < -0.3 is 25.0 Å². The number of aromatic hydroxyl groups is 1. The number of aliphatic hydroxyl groups is 1. The molecule has 2 aromatic carbocycles. The summed E-state index contributed by atoms with van der Waals surface area (Å²) < 4.78 is 10.6. The van der Waals surface area contributed by atoms with Gasteiger partial charge in [0.15, 0.2) is 0 Å². The van der Waals surface area contributed by atoms with Crippen molar-refractivity contribution in [3.8, 4) is 17.2 Å². The van der Waals surface area contributed by atoms with Crippen LogP contribution in [0.15, 0.2) is 48.5 Å². The number of rotatable bonds is 10. The molecule has 0 aliphatic heterocycles. The predicted molar refractivity (Wildman–Crippen MR) is 98.4 cm³/mol. The van der Waals surface area contributed by atoms with Crippen LogP contribution in [0.25, 0.3) is 0 Å². The lowest BCUT2D eigenvalue weighted by Crippen LogP contribution is -2.36. The Labute approximate surface area is 149 Å². The molecule has 0 saturated carbocycles. The first kappa shape index (κ1) is 19.1. The Morgan fingerprint density at radius 3 is 2.28 bits per heavy atom. The fraction of sp³-hybridized carbons (Fsp3) is 0.400. The summed E-state index contributed by atoms with van der Waals surface area (Å²) in [6, 6.07) is 14.8. The van der Waals surface area contributed by atoms with Crippen LogP contribution in [0, 0.1) is 0 Å². The molecule has 0 heterocycles. The Morgan fingerprint density at radius 1 is 1.00 bits per heavy atom. The number of hydrogen-bond donors (Lipinski definition) is 3. The molecule has 2 rings (SSSR count). The number of aryl methyl sites for hydroxylation is 1. The minimum Gasteiger partial charge on any atom is -0.508 e. The summed E-state index contributed by atoms with van der Waals surface area (Å²) in [5.41, 5.74) is 1.27. The van der Waals surface area contributed by atoms with Crippen LogP contribution in [-0.2, 0) is 6.42 Å². The molecular weight excluding hydrogens is 318 g/mol. The van der Waals surface area contributed by atoms with E-state index in [0.717, 1.165) is 18.6 Å². The summed E-state index contributed by atoms with van der Waals surface area (Å²) in [6.07, 6.45) is 1.37. The third-order valence-electron chi connectivity index (χ3n) is 4.01. The van der Waals surface area contributed by atoms with Crippen LogP contribution in [0.4, 0.5) is 0 Å². The Morgan fingerprint density at radius 2 is 1.64 bits per heavy atom. The van der Waals surface area contributed by atoms with Crippen molar-refractivity contribution in [2.24, 2.45) is 0 Å². The molecule has 0 amide bonds. The molecule has 5 nitrogen and oxygen atoms in total. The Balaban J connectivity index is 1.63. The lowest BCUT2D eigenvalue weighted by molar-refractivity contribution is 0.104. The van der Waals surface area contributed by atoms with Crippen LogP contribution in [0.3, 0.4) is 0 Å². The number of nitrogens with one attached hydrogen (secondary N) is 1. The SMILES string of the molecule is COc1ccc(CC[C@@H](C)NC[C@H](O)COc2ccc(O)cc2)cc1. The average Bonchev–Trinajstić information content (AvgIpc) is 2.64. The van der Waals surface area contributed by atoms with Crippen molar-refractivity contribution < 1.29 is 19.7 Å². The van der Waals surface area contributed by atoms with E-state index in [4.69, 9.17) is 9.47 Å². The summed E-state index contributed by atoms with van der Waals surface area (Å²) in [4.78, 5) is 0. The monoisotopic (exact) mass is 345 g/mol. The Kier molecular flexibility index (Phi) is 7.57. The van der Waals surface area contributed by atoms with E-state index in [9.17, 15) is 10.2 Å². The highest BCUT2D eigenvalue weighted by Gasteiger charge is 2.08. The quantitative estimate of drug-likeness (QED) is 0.618. The lowest BCUT2D eigenvalue weighted by Gasteiger charge is -2.18. The van der Waals surface area contributed by atoms with Gasteiger partial charge >= 0.3 is 0 Å². The molecule has 0 spiro atoms. The van der Waals surface area contributed by atoms with Crippen LogP contribution in [0.2, 0.25) is 0 Å². The third-order valence-corrected chi connectivity index (χ3v) is 4.01. The fourth-order valence-electron chi connectivity index (χ4n) is 2.41. The van der Waals surface area contributed by atoms with Crippen molar-refractivity contribution in [3.05, 3.63) is 54.1 Å². The minimum absolute atomic E-state index is 0.195. The molecule has 136 valence electrons. The number of ether oxygens (including phenoxy) is 2. The second kappa shape index (κ2) is 9.91. The zero-order chi connectivity index (χ0) is 18.1. The predicted octanol–water partition coefficient (Wildman–Crippen LogP) is 2.75. The average molecular weight is 345 g/mol. The first-order valence-electron chi connectivity index (χ1n) is 8.53. The zero-order valence-electron chi connectivity index (χ0n) is 14.8. The van der Waals surface area contributed by atoms with Gasteiger partial charge in [0.25, 0.3) is 0 Å². The standard InChI is InChI=1S/C20H27NO4/c1-15(3-4-16-5-9-19(24-2)10-6-16)21-13-18(23)14-25-20-11-7-17(22)8-12-20/h5-12,15,18,21-23H,3-4,13-14H2,1-2H3/t15-,18+/m1/s1. The van der Waals surface area contributed by atoms with Crippen molar-refractivity contribution >= 4 is 0 Å². The van der Waals surface area contributed by atoms with Crippen molar-refractivity contribution in [3.63, 3.8) is 0 Å². The van der Waals surface area contributed by atoms with Gasteiger partial charge in [0.1, 0.15) is 30.0 Å². The summed E-state index contributed by atoms with van der Waals surface area (Å²) >= 11 is 0.